The average Bonchev–Trinajstić information content (AvgIpc) is 3.88. The van der Waals surface area contributed by atoms with Crippen LogP contribution in [0.5, 0.6) is 5.75 Å². The molecule has 9 nitrogen and oxygen atoms in total. The molecular formula is C38H38FN7O2. The molecule has 0 spiro atoms. The molecule has 2 aliphatic rings. The second-order valence-corrected chi connectivity index (χ2v) is 13.0. The van der Waals surface area contributed by atoms with Gasteiger partial charge in [-0.05, 0) is 97.9 Å². The van der Waals surface area contributed by atoms with Crippen LogP contribution in [0.1, 0.15) is 44.9 Å². The third-order valence-corrected chi connectivity index (χ3v) is 9.72. The second kappa shape index (κ2) is 13.2. The van der Waals surface area contributed by atoms with Gasteiger partial charge in [-0.1, -0.05) is 25.3 Å². The molecule has 1 saturated carbocycles. The van der Waals surface area contributed by atoms with E-state index in [0.717, 1.165) is 95.2 Å². The third-order valence-electron chi connectivity index (χ3n) is 9.72. The Balaban J connectivity index is 1.07. The molecule has 3 N–H and O–H groups in total. The molecule has 2 aromatic carbocycles. The number of nitrogens with zero attached hydrogens (tertiary/aromatic N) is 4. The number of benzene rings is 2. The van der Waals surface area contributed by atoms with Crippen molar-refractivity contribution in [1.29, 1.82) is 0 Å². The van der Waals surface area contributed by atoms with Crippen molar-refractivity contribution in [2.75, 3.05) is 31.6 Å². The van der Waals surface area contributed by atoms with Crippen LogP contribution < -0.4 is 10.1 Å². The van der Waals surface area contributed by atoms with Gasteiger partial charge in [-0.15, -0.1) is 0 Å². The van der Waals surface area contributed by atoms with E-state index in [4.69, 9.17) is 4.74 Å². The van der Waals surface area contributed by atoms with Gasteiger partial charge >= 0.3 is 0 Å². The zero-order valence-electron chi connectivity index (χ0n) is 26.8. The van der Waals surface area contributed by atoms with Crippen LogP contribution in [-0.4, -0.2) is 62.2 Å². The molecule has 8 rings (SSSR count). The molecule has 48 heavy (non-hydrogen) atoms. The summed E-state index contributed by atoms with van der Waals surface area (Å²) < 4.78 is 20.8. The van der Waals surface area contributed by atoms with Crippen molar-refractivity contribution in [2.45, 2.75) is 44.9 Å². The number of aromatic amines is 2. The van der Waals surface area contributed by atoms with E-state index in [2.05, 4.69) is 41.4 Å². The first kappa shape index (κ1) is 30.3. The van der Waals surface area contributed by atoms with E-state index in [-0.39, 0.29) is 17.6 Å². The molecule has 1 aliphatic carbocycles. The largest absolute Gasteiger partial charge is 0.492 e. The first-order chi connectivity index (χ1) is 23.6. The minimum absolute atomic E-state index is 0.0690. The third kappa shape index (κ3) is 6.27. The molecule has 0 bridgehead atoms. The minimum Gasteiger partial charge on any atom is -0.492 e. The van der Waals surface area contributed by atoms with E-state index in [1.807, 2.05) is 36.4 Å². The molecular weight excluding hydrogens is 605 g/mol. The number of likely N-dealkylation sites (tertiary alicyclic amines) is 1. The molecule has 244 valence electrons. The molecule has 1 aliphatic heterocycles. The number of ether oxygens (including phenoxy) is 1. The number of halogens is 1. The van der Waals surface area contributed by atoms with Gasteiger partial charge in [0.15, 0.2) is 0 Å². The standard InChI is InChI=1S/C38H38FN7O2/c39-28-16-26(18-30(20-28)48-15-14-46-12-4-5-13-46)31-10-11-41-37-32(31)21-35(43-37)36-33-19-25(8-9-34(33)44-45-36)27-17-29(23-40-22-27)42-38(47)24-6-2-1-3-7-24/h8-11,16-24H,1-7,12-15H2,(H,41,43)(H,42,47)(H,44,45). The van der Waals surface area contributed by atoms with Gasteiger partial charge in [-0.25, -0.2) is 9.37 Å². The lowest BCUT2D eigenvalue weighted by molar-refractivity contribution is -0.120. The quantitative estimate of drug-likeness (QED) is 0.147. The molecule has 5 heterocycles. The molecule has 6 aromatic rings. The van der Waals surface area contributed by atoms with E-state index < -0.39 is 0 Å². The fraction of sp³-hybridized carbons (Fsp3) is 0.316. The normalized spacial score (nSPS) is 15.8. The van der Waals surface area contributed by atoms with Crippen LogP contribution in [0, 0.1) is 11.7 Å². The number of H-pyrrole nitrogens is 2. The molecule has 4 aromatic heterocycles. The number of carbonyl (C=O) groups excluding carboxylic acids is 1. The first-order valence-electron chi connectivity index (χ1n) is 17.0. The van der Waals surface area contributed by atoms with E-state index >= 15 is 0 Å². The Labute approximate surface area is 277 Å². The Morgan fingerprint density at radius 1 is 0.917 bits per heavy atom. The second-order valence-electron chi connectivity index (χ2n) is 13.0. The summed E-state index contributed by atoms with van der Waals surface area (Å²) >= 11 is 0. The summed E-state index contributed by atoms with van der Waals surface area (Å²) in [4.78, 5) is 27.7. The number of hydrogen-bond acceptors (Lipinski definition) is 6. The van der Waals surface area contributed by atoms with Crippen molar-refractivity contribution in [1.82, 2.24) is 30.0 Å². The smallest absolute Gasteiger partial charge is 0.227 e. The van der Waals surface area contributed by atoms with Gasteiger partial charge < -0.3 is 15.0 Å². The molecule has 10 heteroatoms. The van der Waals surface area contributed by atoms with Crippen LogP contribution in [0.3, 0.4) is 0 Å². The highest BCUT2D eigenvalue weighted by atomic mass is 19.1. The van der Waals surface area contributed by atoms with Gasteiger partial charge in [0.05, 0.1) is 23.1 Å². The van der Waals surface area contributed by atoms with Crippen LogP contribution in [0.15, 0.2) is 73.2 Å². The molecule has 0 atom stereocenters. The Kier molecular flexibility index (Phi) is 8.32. The first-order valence-corrected chi connectivity index (χ1v) is 17.0. The number of pyridine rings is 2. The van der Waals surface area contributed by atoms with Gasteiger partial charge in [0.2, 0.25) is 5.91 Å². The van der Waals surface area contributed by atoms with Crippen LogP contribution in [0.2, 0.25) is 0 Å². The van der Waals surface area contributed by atoms with Crippen molar-refractivity contribution < 1.29 is 13.9 Å². The maximum atomic E-state index is 14.8. The number of fused-ring (bicyclic) bond motifs is 2. The van der Waals surface area contributed by atoms with E-state index in [1.165, 1.54) is 31.4 Å². The Morgan fingerprint density at radius 2 is 1.79 bits per heavy atom. The van der Waals surface area contributed by atoms with Crippen LogP contribution in [0.4, 0.5) is 10.1 Å². The number of aromatic nitrogens is 5. The van der Waals surface area contributed by atoms with Gasteiger partial charge in [0.1, 0.15) is 29.5 Å². The monoisotopic (exact) mass is 643 g/mol. The van der Waals surface area contributed by atoms with Crippen LogP contribution in [0.25, 0.3) is 55.6 Å². The maximum Gasteiger partial charge on any atom is 0.227 e. The van der Waals surface area contributed by atoms with Crippen molar-refractivity contribution >= 4 is 33.5 Å². The highest BCUT2D eigenvalue weighted by Gasteiger charge is 2.22. The lowest BCUT2D eigenvalue weighted by Crippen LogP contribution is -2.25. The predicted molar refractivity (Wildman–Crippen MR) is 186 cm³/mol. The van der Waals surface area contributed by atoms with Crippen molar-refractivity contribution in [3.63, 3.8) is 0 Å². The lowest BCUT2D eigenvalue weighted by atomic mass is 9.88. The molecule has 1 saturated heterocycles. The van der Waals surface area contributed by atoms with Gasteiger partial charge in [0.25, 0.3) is 0 Å². The van der Waals surface area contributed by atoms with E-state index in [9.17, 15) is 9.18 Å². The zero-order valence-corrected chi connectivity index (χ0v) is 26.8. The van der Waals surface area contributed by atoms with Crippen molar-refractivity contribution in [2.24, 2.45) is 5.92 Å². The SMILES string of the molecule is O=C(Nc1cncc(-c2ccc3[nH]nc(-c4cc5c(-c6cc(F)cc(OCCN7CCCC7)c6)ccnc5[nH]4)c3c2)c1)C1CCCCC1. The number of rotatable bonds is 9. The number of anilines is 1. The summed E-state index contributed by atoms with van der Waals surface area (Å²) in [5.41, 5.74) is 7.23. The summed E-state index contributed by atoms with van der Waals surface area (Å²) in [6.45, 7) is 3.55. The summed E-state index contributed by atoms with van der Waals surface area (Å²) in [6.07, 6.45) is 13.0. The zero-order chi connectivity index (χ0) is 32.5. The Hall–Kier alpha value is -5.09. The maximum absolute atomic E-state index is 14.8. The summed E-state index contributed by atoms with van der Waals surface area (Å²) in [6, 6.07) is 16.9. The van der Waals surface area contributed by atoms with Crippen LogP contribution >= 0.6 is 0 Å². The molecule has 0 radical (unpaired) electrons. The molecule has 1 amide bonds. The fourth-order valence-electron chi connectivity index (χ4n) is 7.18. The number of carbonyl (C=O) groups is 1. The predicted octanol–water partition coefficient (Wildman–Crippen LogP) is 7.97. The van der Waals surface area contributed by atoms with E-state index in [1.54, 1.807) is 18.6 Å². The lowest BCUT2D eigenvalue weighted by Gasteiger charge is -2.20. The summed E-state index contributed by atoms with van der Waals surface area (Å²) in [5, 5.41) is 12.7. The highest BCUT2D eigenvalue weighted by molar-refractivity contribution is 6.01. The van der Waals surface area contributed by atoms with Gasteiger partial charge in [-0.2, -0.15) is 5.10 Å². The molecule has 2 fully saturated rings. The molecule has 0 unspecified atom stereocenters. The highest BCUT2D eigenvalue weighted by Crippen LogP contribution is 2.36. The van der Waals surface area contributed by atoms with Crippen LogP contribution in [-0.2, 0) is 4.79 Å². The fourth-order valence-corrected chi connectivity index (χ4v) is 7.18. The number of nitrogens with one attached hydrogen (secondary N) is 3. The topological polar surface area (TPSA) is 112 Å². The van der Waals surface area contributed by atoms with Crippen molar-refractivity contribution in [3.05, 3.63) is 79.0 Å². The average molecular weight is 644 g/mol. The number of hydrogen-bond donors (Lipinski definition) is 3. The van der Waals surface area contributed by atoms with Gasteiger partial charge in [-0.3, -0.25) is 19.8 Å². The van der Waals surface area contributed by atoms with Crippen molar-refractivity contribution in [3.8, 4) is 39.4 Å². The van der Waals surface area contributed by atoms with Gasteiger partial charge in [0, 0.05) is 47.3 Å². The Morgan fingerprint density at radius 3 is 2.67 bits per heavy atom. The van der Waals surface area contributed by atoms with E-state index in [0.29, 0.717) is 23.7 Å². The summed E-state index contributed by atoms with van der Waals surface area (Å²) in [7, 11) is 0. The summed E-state index contributed by atoms with van der Waals surface area (Å²) in [5.74, 6) is 0.317. The Bertz CT molecular complexity index is 2090. The minimum atomic E-state index is -0.345. The number of amides is 1.